The fourth-order valence-electron chi connectivity index (χ4n) is 9.11. The molecule has 396 valence electrons. The van der Waals surface area contributed by atoms with E-state index in [9.17, 15) is 0 Å². The van der Waals surface area contributed by atoms with Crippen LogP contribution in [0.2, 0.25) is 78.6 Å². The molecular formula is C59H84Br2O6P2Si4. The van der Waals surface area contributed by atoms with Gasteiger partial charge in [-0.3, -0.25) is 4.52 Å². The third-order valence-electron chi connectivity index (χ3n) is 13.9. The van der Waals surface area contributed by atoms with Crippen LogP contribution >= 0.6 is 48.7 Å². The molecule has 0 radical (unpaired) electrons. The van der Waals surface area contributed by atoms with Gasteiger partial charge in [-0.05, 0) is 117 Å². The fourth-order valence-corrected chi connectivity index (χ4v) is 19.0. The van der Waals surface area contributed by atoms with E-state index >= 15 is 0 Å². The standard InChI is InChI=1S/C59H84Br2O6P2Si4/c1-56(2,3)37-26-42(52(47(30-37)70(13,14)15)64-68-62-35-36-25-41(60)34-46(61)51(36)63-68)43-27-38(57(4,5)6)31-48(71(16,17)18)53(43)65-69-66-54-44(28-39(58(7,8)9)32-49(54)72(19,20)21)45-29-40(59(10,11)12)33-50(55(45)67-69)73(22,23)24/h25-34H,35H2,1-24H3. The molecule has 0 saturated carbocycles. The topological polar surface area (TPSA) is 63.2 Å². The first-order chi connectivity index (χ1) is 33.0. The van der Waals surface area contributed by atoms with Crippen molar-refractivity contribution in [3.8, 4) is 28.4 Å². The molecule has 0 fully saturated rings. The van der Waals surface area contributed by atoms with Crippen molar-refractivity contribution >= 4 is 124 Å². The van der Waals surface area contributed by atoms with Crippen LogP contribution in [-0.2, 0) is 32.8 Å². The lowest BCUT2D eigenvalue weighted by atomic mass is 9.83. The van der Waals surface area contributed by atoms with Crippen molar-refractivity contribution < 1.29 is 26.5 Å². The predicted octanol–water partition coefficient (Wildman–Crippen LogP) is 18.9. The minimum Gasteiger partial charge on any atom is -0.417 e. The second kappa shape index (κ2) is 19.8. The van der Waals surface area contributed by atoms with Crippen molar-refractivity contribution in [2.75, 3.05) is 0 Å². The first kappa shape index (κ1) is 58.3. The molecule has 2 heterocycles. The Kier molecular flexibility index (Phi) is 15.8. The molecule has 1 aliphatic heterocycles. The van der Waals surface area contributed by atoms with Crippen molar-refractivity contribution in [2.24, 2.45) is 0 Å². The Balaban J connectivity index is 1.67. The fraction of sp³-hybridized carbons (Fsp3) is 0.492. The summed E-state index contributed by atoms with van der Waals surface area (Å²) in [5.74, 6) is 2.32. The molecule has 1 aromatic heterocycles. The number of hydrogen-bond acceptors (Lipinski definition) is 6. The summed E-state index contributed by atoms with van der Waals surface area (Å²) < 4.78 is 45.4. The smallest absolute Gasteiger partial charge is 0.417 e. The molecule has 0 N–H and O–H groups in total. The third-order valence-corrected chi connectivity index (χ3v) is 24.9. The number of halogens is 2. The Morgan fingerprint density at radius 3 is 1.18 bits per heavy atom. The number of fused-ring (bicyclic) bond motifs is 4. The van der Waals surface area contributed by atoms with E-state index < -0.39 is 49.1 Å². The third kappa shape index (κ3) is 12.7. The molecule has 73 heavy (non-hydrogen) atoms. The molecule has 0 aliphatic carbocycles. The van der Waals surface area contributed by atoms with E-state index in [1.165, 1.54) is 43.0 Å². The molecule has 14 heteroatoms. The Bertz CT molecular complexity index is 3070. The van der Waals surface area contributed by atoms with E-state index in [4.69, 9.17) is 26.5 Å². The van der Waals surface area contributed by atoms with Crippen molar-refractivity contribution in [2.45, 2.75) is 190 Å². The minimum absolute atomic E-state index is 0.0978. The van der Waals surface area contributed by atoms with Crippen LogP contribution in [0.3, 0.4) is 0 Å². The maximum Gasteiger partial charge on any atom is 0.463 e. The molecule has 6 aromatic rings. The van der Waals surface area contributed by atoms with Crippen LogP contribution in [0.1, 0.15) is 111 Å². The summed E-state index contributed by atoms with van der Waals surface area (Å²) in [7, 11) is -12.5. The Labute approximate surface area is 462 Å². The first-order valence-corrected chi connectivity index (χ1v) is 43.7. The van der Waals surface area contributed by atoms with E-state index in [-0.39, 0.29) is 21.7 Å². The molecule has 6 nitrogen and oxygen atoms in total. The van der Waals surface area contributed by atoms with Crippen LogP contribution in [-0.4, -0.2) is 32.3 Å². The molecule has 5 aromatic carbocycles. The quantitative estimate of drug-likeness (QED) is 0.106. The van der Waals surface area contributed by atoms with Gasteiger partial charge in [-0.15, -0.1) is 0 Å². The van der Waals surface area contributed by atoms with E-state index in [0.29, 0.717) is 6.61 Å². The van der Waals surface area contributed by atoms with Crippen molar-refractivity contribution in [3.63, 3.8) is 0 Å². The zero-order valence-electron chi connectivity index (χ0n) is 48.6. The Morgan fingerprint density at radius 1 is 0.452 bits per heavy atom. The first-order valence-electron chi connectivity index (χ1n) is 25.9. The summed E-state index contributed by atoms with van der Waals surface area (Å²) in [6.07, 6.45) is 0. The molecule has 1 unspecified atom stereocenters. The number of hydrogen-bond donors (Lipinski definition) is 0. The van der Waals surface area contributed by atoms with Gasteiger partial charge in [0.2, 0.25) is 0 Å². The van der Waals surface area contributed by atoms with Crippen LogP contribution in [0.4, 0.5) is 0 Å². The van der Waals surface area contributed by atoms with E-state index in [1.807, 2.05) is 12.1 Å². The summed E-state index contributed by atoms with van der Waals surface area (Å²) in [6.45, 7) is 57.1. The van der Waals surface area contributed by atoms with Gasteiger partial charge in [0.1, 0.15) is 28.4 Å². The van der Waals surface area contributed by atoms with Gasteiger partial charge in [-0.1, -0.05) is 202 Å². The van der Waals surface area contributed by atoms with Crippen LogP contribution in [0, 0.1) is 0 Å². The van der Waals surface area contributed by atoms with Crippen LogP contribution < -0.4 is 34.3 Å². The maximum atomic E-state index is 7.83. The van der Waals surface area contributed by atoms with Crippen molar-refractivity contribution in [1.29, 1.82) is 0 Å². The van der Waals surface area contributed by atoms with Crippen LogP contribution in [0.15, 0.2) is 78.0 Å². The lowest BCUT2D eigenvalue weighted by Gasteiger charge is -2.32. The van der Waals surface area contributed by atoms with Crippen LogP contribution in [0.5, 0.6) is 17.2 Å². The summed E-state index contributed by atoms with van der Waals surface area (Å²) in [5.41, 5.74) is 9.13. The highest BCUT2D eigenvalue weighted by atomic mass is 79.9. The van der Waals surface area contributed by atoms with E-state index in [0.717, 1.165) is 64.8 Å². The van der Waals surface area contributed by atoms with Gasteiger partial charge in [0, 0.05) is 31.9 Å². The summed E-state index contributed by atoms with van der Waals surface area (Å²) in [4.78, 5) is 0. The molecule has 0 spiro atoms. The van der Waals surface area contributed by atoms with Gasteiger partial charge in [0.05, 0.1) is 43.4 Å². The van der Waals surface area contributed by atoms with Gasteiger partial charge >= 0.3 is 16.8 Å². The molecular weight excluding hydrogens is 1140 g/mol. The number of benzene rings is 5. The van der Waals surface area contributed by atoms with Gasteiger partial charge < -0.3 is 22.0 Å². The average Bonchev–Trinajstić information content (AvgIpc) is 3.36. The second-order valence-electron chi connectivity index (χ2n) is 28.7. The summed E-state index contributed by atoms with van der Waals surface area (Å²) >= 11 is 7.45. The minimum atomic E-state index is -2.24. The summed E-state index contributed by atoms with van der Waals surface area (Å²) in [5, 5.41) is 7.14. The molecule has 1 atom stereocenters. The van der Waals surface area contributed by atoms with Crippen molar-refractivity contribution in [3.05, 3.63) is 97.4 Å². The predicted molar refractivity (Wildman–Crippen MR) is 336 cm³/mol. The average molecular weight is 1220 g/mol. The van der Waals surface area contributed by atoms with Gasteiger partial charge in [-0.25, -0.2) is 0 Å². The van der Waals surface area contributed by atoms with E-state index in [1.54, 1.807) is 0 Å². The summed E-state index contributed by atoms with van der Waals surface area (Å²) in [6, 6.07) is 23.2. The van der Waals surface area contributed by atoms with Crippen molar-refractivity contribution in [1.82, 2.24) is 0 Å². The number of rotatable bonds is 9. The largest absolute Gasteiger partial charge is 0.463 e. The Hall–Kier alpha value is -2.38. The monoisotopic (exact) mass is 1220 g/mol. The normalized spacial score (nSPS) is 15.4. The zero-order chi connectivity index (χ0) is 54.7. The van der Waals surface area contributed by atoms with E-state index in [2.05, 4.69) is 242 Å². The van der Waals surface area contributed by atoms with Gasteiger partial charge in [-0.2, -0.15) is 0 Å². The Morgan fingerprint density at radius 2 is 0.808 bits per heavy atom. The molecule has 7 rings (SSSR count). The maximum absolute atomic E-state index is 7.83. The highest BCUT2D eigenvalue weighted by molar-refractivity contribution is 9.11. The molecule has 0 bridgehead atoms. The highest BCUT2D eigenvalue weighted by Crippen LogP contribution is 2.54. The lowest BCUT2D eigenvalue weighted by Crippen LogP contribution is -2.40. The zero-order valence-corrected chi connectivity index (χ0v) is 57.5. The van der Waals surface area contributed by atoms with Crippen LogP contribution in [0.25, 0.3) is 33.1 Å². The molecule has 1 aliphatic rings. The lowest BCUT2D eigenvalue weighted by molar-refractivity contribution is 0.233. The molecule has 0 amide bonds. The van der Waals surface area contributed by atoms with Gasteiger partial charge in [0.25, 0.3) is 0 Å². The van der Waals surface area contributed by atoms with Gasteiger partial charge in [0.15, 0.2) is 0 Å². The molecule has 0 saturated heterocycles. The second-order valence-corrected chi connectivity index (χ2v) is 52.6. The SMILES string of the molecule is CC(C)(C)c1cc(-c2cc(C(C)(C)C)cc([Si](C)(C)C)c2Op2oc3c([Si](C)(C)C)cc(C(C)(C)C)cc3c3cc(C(C)(C)C)cc([Si](C)(C)C)c3o2)c(OP2OCc3cc(Br)cc(Br)c3O2)c([Si](C)(C)C)c1. The highest BCUT2D eigenvalue weighted by Gasteiger charge is 2.38.